The fraction of sp³-hybridized carbons (Fsp3) is 0.385. The minimum atomic E-state index is -4.21. The molecule has 1 unspecified atom stereocenters. The number of rotatable bonds is 0. The highest BCUT2D eigenvalue weighted by molar-refractivity contribution is 5.86. The topological polar surface area (TPSA) is 14.1 Å². The molecule has 3 rings (SSSR count). The van der Waals surface area contributed by atoms with E-state index in [0.717, 1.165) is 0 Å². The van der Waals surface area contributed by atoms with Crippen LogP contribution in [0.5, 0.6) is 0 Å². The van der Waals surface area contributed by atoms with Gasteiger partial charge in [-0.15, -0.1) is 0 Å². The van der Waals surface area contributed by atoms with Gasteiger partial charge in [0.2, 0.25) is 0 Å². The molecule has 0 saturated carbocycles. The zero-order valence-electron chi connectivity index (χ0n) is 9.30. The number of fused-ring (bicyclic) bond motifs is 2. The van der Waals surface area contributed by atoms with Crippen molar-refractivity contribution in [1.82, 2.24) is 5.32 Å². The zero-order valence-corrected chi connectivity index (χ0v) is 9.30. The Kier molecular flexibility index (Phi) is 1.92. The van der Waals surface area contributed by atoms with Gasteiger partial charge in [-0.2, -0.15) is 13.2 Å². The first-order valence-corrected chi connectivity index (χ1v) is 5.55. The Labute approximate surface area is 97.3 Å². The molecule has 89 valence electrons. The smallest absolute Gasteiger partial charge is 0.252 e. The maximum Gasteiger partial charge on any atom is 0.398 e. The standard InChI is InChI=1S/C13H11F3N/c1-12(13(14,15)16)7-6-10-11(12)8-4-2-3-5-9(8)17-10/h2-5H,6-7H2,1H3. The molecule has 1 aliphatic carbocycles. The van der Waals surface area contributed by atoms with Crippen LogP contribution in [0.1, 0.15) is 25.3 Å². The molecular weight excluding hydrogens is 227 g/mol. The van der Waals surface area contributed by atoms with Gasteiger partial charge in [0, 0.05) is 11.3 Å². The molecule has 1 aromatic carbocycles. The summed E-state index contributed by atoms with van der Waals surface area (Å²) in [5.74, 6) is 0. The summed E-state index contributed by atoms with van der Waals surface area (Å²) in [6, 6.07) is 7.07. The van der Waals surface area contributed by atoms with Crippen LogP contribution in [-0.4, -0.2) is 6.18 Å². The largest absolute Gasteiger partial charge is 0.398 e. The second kappa shape index (κ2) is 3.06. The summed E-state index contributed by atoms with van der Waals surface area (Å²) in [5, 5.41) is 4.30. The predicted molar refractivity (Wildman–Crippen MR) is 58.6 cm³/mol. The summed E-state index contributed by atoms with van der Waals surface area (Å²) >= 11 is 0. The van der Waals surface area contributed by atoms with Gasteiger partial charge < -0.3 is 0 Å². The van der Waals surface area contributed by atoms with E-state index in [1.54, 1.807) is 24.3 Å². The highest BCUT2D eigenvalue weighted by Crippen LogP contribution is 2.60. The van der Waals surface area contributed by atoms with E-state index in [1.807, 2.05) is 0 Å². The Hall–Kier alpha value is -1.45. The Bertz CT molecular complexity index is 516. The van der Waals surface area contributed by atoms with Gasteiger partial charge in [0.05, 0.1) is 11.1 Å². The Morgan fingerprint density at radius 2 is 1.94 bits per heavy atom. The lowest BCUT2D eigenvalue weighted by Gasteiger charge is -2.30. The molecule has 0 N–H and O–H groups in total. The summed E-state index contributed by atoms with van der Waals surface area (Å²) in [6.45, 7) is 1.28. The summed E-state index contributed by atoms with van der Waals surface area (Å²) in [5.41, 5.74) is 0.595. The lowest BCUT2D eigenvalue weighted by Crippen LogP contribution is -2.34. The first-order chi connectivity index (χ1) is 7.93. The second-order valence-corrected chi connectivity index (χ2v) is 4.78. The lowest BCUT2D eigenvalue weighted by atomic mass is 9.79. The molecule has 17 heavy (non-hydrogen) atoms. The molecule has 1 aliphatic heterocycles. The summed E-state index contributed by atoms with van der Waals surface area (Å²) in [4.78, 5) is 0. The minimum absolute atomic E-state index is 0.110. The predicted octanol–water partition coefficient (Wildman–Crippen LogP) is 4.01. The first-order valence-electron chi connectivity index (χ1n) is 5.55. The molecule has 4 heteroatoms. The number of alkyl halides is 3. The van der Waals surface area contributed by atoms with E-state index in [2.05, 4.69) is 5.32 Å². The number of para-hydroxylation sites is 1. The van der Waals surface area contributed by atoms with Crippen LogP contribution in [0, 0.1) is 5.41 Å². The van der Waals surface area contributed by atoms with E-state index in [0.29, 0.717) is 28.9 Å². The molecule has 1 aromatic rings. The van der Waals surface area contributed by atoms with Crippen LogP contribution in [0.3, 0.4) is 0 Å². The van der Waals surface area contributed by atoms with Crippen molar-refractivity contribution < 1.29 is 13.2 Å². The Morgan fingerprint density at radius 3 is 2.65 bits per heavy atom. The van der Waals surface area contributed by atoms with Gasteiger partial charge in [0.25, 0.3) is 0 Å². The van der Waals surface area contributed by atoms with Gasteiger partial charge in [-0.25, -0.2) is 0 Å². The number of halogens is 3. The minimum Gasteiger partial charge on any atom is -0.252 e. The SMILES string of the molecule is CC1(C(F)(F)F)CCC2=C1c1ccccc1[N]2. The van der Waals surface area contributed by atoms with Crippen molar-refractivity contribution in [2.75, 3.05) is 0 Å². The molecule has 1 heterocycles. The van der Waals surface area contributed by atoms with E-state index >= 15 is 0 Å². The van der Waals surface area contributed by atoms with Gasteiger partial charge in [0.15, 0.2) is 0 Å². The molecule has 0 amide bonds. The average Bonchev–Trinajstić information content (AvgIpc) is 2.76. The fourth-order valence-corrected chi connectivity index (χ4v) is 2.71. The van der Waals surface area contributed by atoms with Crippen LogP contribution in [-0.2, 0) is 0 Å². The van der Waals surface area contributed by atoms with Gasteiger partial charge in [-0.05, 0) is 31.4 Å². The molecule has 0 aromatic heterocycles. The molecule has 0 spiro atoms. The number of hydrogen-bond donors (Lipinski definition) is 0. The van der Waals surface area contributed by atoms with E-state index in [-0.39, 0.29) is 6.42 Å². The maximum atomic E-state index is 13.2. The van der Waals surface area contributed by atoms with Crippen LogP contribution in [0.25, 0.3) is 5.57 Å². The van der Waals surface area contributed by atoms with Crippen LogP contribution < -0.4 is 5.32 Å². The van der Waals surface area contributed by atoms with Crippen LogP contribution >= 0.6 is 0 Å². The maximum absolute atomic E-state index is 13.2. The first kappa shape index (κ1) is 10.7. The highest BCUT2D eigenvalue weighted by atomic mass is 19.4. The molecule has 1 atom stereocenters. The number of benzene rings is 1. The summed E-state index contributed by atoms with van der Waals surface area (Å²) in [7, 11) is 0. The summed E-state index contributed by atoms with van der Waals surface area (Å²) in [6.07, 6.45) is -3.68. The number of allylic oxidation sites excluding steroid dienone is 2. The van der Waals surface area contributed by atoms with Gasteiger partial charge in [-0.3, -0.25) is 5.32 Å². The Morgan fingerprint density at radius 1 is 1.24 bits per heavy atom. The monoisotopic (exact) mass is 238 g/mol. The molecular formula is C13H11F3N. The normalized spacial score (nSPS) is 26.8. The van der Waals surface area contributed by atoms with Crippen LogP contribution in [0.15, 0.2) is 30.0 Å². The van der Waals surface area contributed by atoms with Crippen molar-refractivity contribution in [3.63, 3.8) is 0 Å². The van der Waals surface area contributed by atoms with Crippen molar-refractivity contribution in [3.05, 3.63) is 35.5 Å². The van der Waals surface area contributed by atoms with Crippen molar-refractivity contribution in [1.29, 1.82) is 0 Å². The molecule has 0 fully saturated rings. The van der Waals surface area contributed by atoms with Gasteiger partial charge in [-0.1, -0.05) is 18.2 Å². The molecule has 2 aliphatic rings. The number of nitrogens with zero attached hydrogens (tertiary/aromatic N) is 1. The zero-order chi connectivity index (χ0) is 12.3. The fourth-order valence-electron chi connectivity index (χ4n) is 2.71. The van der Waals surface area contributed by atoms with Crippen LogP contribution in [0.4, 0.5) is 18.9 Å². The molecule has 0 saturated heterocycles. The van der Waals surface area contributed by atoms with Crippen molar-refractivity contribution in [2.45, 2.75) is 25.9 Å². The van der Waals surface area contributed by atoms with Crippen molar-refractivity contribution in [3.8, 4) is 0 Å². The van der Waals surface area contributed by atoms with Gasteiger partial charge >= 0.3 is 6.18 Å². The third-order valence-corrected chi connectivity index (χ3v) is 3.76. The highest BCUT2D eigenvalue weighted by Gasteiger charge is 2.58. The average molecular weight is 238 g/mol. The van der Waals surface area contributed by atoms with E-state index in [1.165, 1.54) is 6.92 Å². The van der Waals surface area contributed by atoms with Crippen molar-refractivity contribution in [2.24, 2.45) is 5.41 Å². The van der Waals surface area contributed by atoms with E-state index in [9.17, 15) is 13.2 Å². The van der Waals surface area contributed by atoms with E-state index < -0.39 is 11.6 Å². The van der Waals surface area contributed by atoms with Gasteiger partial charge in [0.1, 0.15) is 0 Å². The second-order valence-electron chi connectivity index (χ2n) is 4.78. The quantitative estimate of drug-likeness (QED) is 0.648. The van der Waals surface area contributed by atoms with Crippen LogP contribution in [0.2, 0.25) is 0 Å². The van der Waals surface area contributed by atoms with Crippen molar-refractivity contribution >= 4 is 11.3 Å². The third-order valence-electron chi connectivity index (χ3n) is 3.76. The summed E-state index contributed by atoms with van der Waals surface area (Å²) < 4.78 is 39.6. The molecule has 1 radical (unpaired) electrons. The number of hydrogen-bond acceptors (Lipinski definition) is 0. The third kappa shape index (κ3) is 1.27. The molecule has 1 nitrogen and oxygen atoms in total. The molecule has 0 bridgehead atoms. The Balaban J connectivity index is 2.16. The van der Waals surface area contributed by atoms with E-state index in [4.69, 9.17) is 0 Å². The lowest BCUT2D eigenvalue weighted by molar-refractivity contribution is -0.195.